The van der Waals surface area contributed by atoms with Crippen molar-refractivity contribution >= 4 is 23.5 Å². The molecule has 0 bridgehead atoms. The van der Waals surface area contributed by atoms with E-state index in [1.807, 2.05) is 0 Å². The molecule has 0 aromatic heterocycles. The van der Waals surface area contributed by atoms with Crippen LogP contribution in [0.15, 0.2) is 0 Å². The fraction of sp³-hybridized carbons (Fsp3) is 0.667. The average Bonchev–Trinajstić information content (AvgIpc) is 1.87. The van der Waals surface area contributed by atoms with Crippen molar-refractivity contribution in [3.8, 4) is 0 Å². The van der Waals surface area contributed by atoms with Gasteiger partial charge in [-0.25, -0.2) is 0 Å². The van der Waals surface area contributed by atoms with Gasteiger partial charge in [0.15, 0.2) is 0 Å². The Morgan fingerprint density at radius 2 is 1.91 bits per heavy atom. The largest absolute Gasteiger partial charge is 0.481 e. The molecule has 0 saturated carbocycles. The summed E-state index contributed by atoms with van der Waals surface area (Å²) >= 11 is 5.06. The zero-order valence-electron chi connectivity index (χ0n) is 6.46. The molecule has 0 saturated heterocycles. The van der Waals surface area contributed by atoms with Gasteiger partial charge in [-0.2, -0.15) is 0 Å². The van der Waals surface area contributed by atoms with E-state index in [1.54, 1.807) is 6.92 Å². The van der Waals surface area contributed by atoms with Gasteiger partial charge in [0.2, 0.25) is 0 Å². The van der Waals surface area contributed by atoms with Crippen LogP contribution in [0.25, 0.3) is 0 Å². The normalized spacial score (nSPS) is 7.55. The zero-order chi connectivity index (χ0) is 9.28. The molecule has 0 spiro atoms. The van der Waals surface area contributed by atoms with Crippen LogP contribution in [0.2, 0.25) is 0 Å². The number of alkyl halides is 1. The van der Waals surface area contributed by atoms with Crippen LogP contribution in [-0.2, 0) is 14.3 Å². The Kier molecular flexibility index (Phi) is 10.8. The highest BCUT2D eigenvalue weighted by Crippen LogP contribution is 1.79. The molecule has 4 nitrogen and oxygen atoms in total. The minimum Gasteiger partial charge on any atom is -0.481 e. The van der Waals surface area contributed by atoms with Crippen molar-refractivity contribution in [1.29, 1.82) is 0 Å². The Morgan fingerprint density at radius 1 is 1.55 bits per heavy atom. The molecule has 11 heavy (non-hydrogen) atoms. The van der Waals surface area contributed by atoms with E-state index in [0.717, 1.165) is 6.92 Å². The molecule has 1 N–H and O–H groups in total. The molecule has 66 valence electrons. The smallest absolute Gasteiger partial charge is 0.320 e. The second kappa shape index (κ2) is 9.23. The molecule has 0 aromatic carbocycles. The van der Waals surface area contributed by atoms with Gasteiger partial charge in [0.05, 0.1) is 6.61 Å². The Morgan fingerprint density at radius 3 is 2.00 bits per heavy atom. The molecule has 0 atom stereocenters. The van der Waals surface area contributed by atoms with Crippen LogP contribution in [0, 0.1) is 0 Å². The van der Waals surface area contributed by atoms with Crippen LogP contribution >= 0.6 is 11.6 Å². The number of aliphatic carboxylic acids is 1. The van der Waals surface area contributed by atoms with Crippen molar-refractivity contribution in [2.75, 3.05) is 12.5 Å². The maximum absolute atomic E-state index is 10.1. The van der Waals surface area contributed by atoms with Gasteiger partial charge in [-0.3, -0.25) is 9.59 Å². The van der Waals surface area contributed by atoms with Crippen molar-refractivity contribution in [3.05, 3.63) is 0 Å². The molecule has 5 heteroatoms. The van der Waals surface area contributed by atoms with Crippen LogP contribution in [0.4, 0.5) is 0 Å². The first-order chi connectivity index (χ1) is 5.04. The van der Waals surface area contributed by atoms with Crippen LogP contribution in [-0.4, -0.2) is 29.5 Å². The lowest BCUT2D eigenvalue weighted by Gasteiger charge is -1.92. The molecule has 0 amide bonds. The highest BCUT2D eigenvalue weighted by atomic mass is 35.5. The van der Waals surface area contributed by atoms with Crippen LogP contribution in [0.3, 0.4) is 0 Å². The molecular formula is C6H11ClO4. The number of rotatable bonds is 2. The van der Waals surface area contributed by atoms with Gasteiger partial charge < -0.3 is 9.84 Å². The monoisotopic (exact) mass is 182 g/mol. The summed E-state index contributed by atoms with van der Waals surface area (Å²) in [4.78, 5) is 19.1. The van der Waals surface area contributed by atoms with Gasteiger partial charge >= 0.3 is 5.97 Å². The number of esters is 1. The number of hydrogen-bond acceptors (Lipinski definition) is 3. The van der Waals surface area contributed by atoms with Gasteiger partial charge in [0.25, 0.3) is 5.97 Å². The summed E-state index contributed by atoms with van der Waals surface area (Å²) in [5.74, 6) is -1.24. The van der Waals surface area contributed by atoms with E-state index in [0.29, 0.717) is 6.61 Å². The quantitative estimate of drug-likeness (QED) is 0.509. The summed E-state index contributed by atoms with van der Waals surface area (Å²) in [5, 5.41) is 7.42. The first-order valence-electron chi connectivity index (χ1n) is 2.95. The standard InChI is InChI=1S/C4H7ClO2.C2H4O2/c1-2-7-4(6)3-5;1-2(3)4/h2-3H2,1H3;1H3,(H,3,4). The van der Waals surface area contributed by atoms with Gasteiger partial charge in [-0.15, -0.1) is 11.6 Å². The second-order valence-corrected chi connectivity index (χ2v) is 1.72. The number of halogens is 1. The lowest BCUT2D eigenvalue weighted by atomic mass is 10.8. The molecule has 0 aliphatic rings. The van der Waals surface area contributed by atoms with E-state index >= 15 is 0 Å². The van der Waals surface area contributed by atoms with E-state index < -0.39 is 5.97 Å². The van der Waals surface area contributed by atoms with E-state index in [4.69, 9.17) is 21.5 Å². The van der Waals surface area contributed by atoms with Crippen molar-refractivity contribution in [2.24, 2.45) is 0 Å². The minimum atomic E-state index is -0.833. The van der Waals surface area contributed by atoms with Gasteiger partial charge in [-0.1, -0.05) is 0 Å². The number of hydrogen-bond donors (Lipinski definition) is 1. The fourth-order valence-corrected chi connectivity index (χ4v) is 0.277. The Hall–Kier alpha value is -0.770. The van der Waals surface area contributed by atoms with Crippen LogP contribution in [0.1, 0.15) is 13.8 Å². The van der Waals surface area contributed by atoms with E-state index in [-0.39, 0.29) is 11.8 Å². The van der Waals surface area contributed by atoms with Gasteiger partial charge in [0.1, 0.15) is 5.88 Å². The number of carbonyl (C=O) groups excluding carboxylic acids is 1. The Bertz CT molecular complexity index is 120. The zero-order valence-corrected chi connectivity index (χ0v) is 7.22. The SMILES string of the molecule is CC(=O)O.CCOC(=O)CCl. The summed E-state index contributed by atoms with van der Waals surface area (Å²) in [6.07, 6.45) is 0. The van der Waals surface area contributed by atoms with Crippen molar-refractivity contribution in [2.45, 2.75) is 13.8 Å². The lowest BCUT2D eigenvalue weighted by molar-refractivity contribution is -0.140. The maximum Gasteiger partial charge on any atom is 0.320 e. The molecular weight excluding hydrogens is 172 g/mol. The predicted molar refractivity (Wildman–Crippen MR) is 40.7 cm³/mol. The van der Waals surface area contributed by atoms with E-state index in [1.165, 1.54) is 0 Å². The Labute approximate surface area is 70.1 Å². The topological polar surface area (TPSA) is 63.6 Å². The first kappa shape index (κ1) is 12.9. The molecule has 0 aliphatic carbocycles. The van der Waals surface area contributed by atoms with Crippen LogP contribution in [0.5, 0.6) is 0 Å². The van der Waals surface area contributed by atoms with Crippen molar-refractivity contribution in [3.63, 3.8) is 0 Å². The van der Waals surface area contributed by atoms with Crippen molar-refractivity contribution in [1.82, 2.24) is 0 Å². The maximum atomic E-state index is 10.1. The Balaban J connectivity index is 0. The summed E-state index contributed by atoms with van der Waals surface area (Å²) in [7, 11) is 0. The predicted octanol–water partition coefficient (Wildman–Crippen LogP) is 0.879. The summed E-state index contributed by atoms with van der Waals surface area (Å²) in [5.41, 5.74) is 0. The second-order valence-electron chi connectivity index (χ2n) is 1.46. The molecule has 0 unspecified atom stereocenters. The van der Waals surface area contributed by atoms with Gasteiger partial charge in [0, 0.05) is 6.92 Å². The minimum absolute atomic E-state index is 0.0478. The molecule has 0 aromatic rings. The fourth-order valence-electron chi connectivity index (χ4n) is 0.200. The highest BCUT2D eigenvalue weighted by molar-refractivity contribution is 6.26. The summed E-state index contributed by atoms with van der Waals surface area (Å²) in [6, 6.07) is 0. The van der Waals surface area contributed by atoms with E-state index in [2.05, 4.69) is 4.74 Å². The van der Waals surface area contributed by atoms with E-state index in [9.17, 15) is 4.79 Å². The average molecular weight is 183 g/mol. The molecule has 0 heterocycles. The number of carbonyl (C=O) groups is 2. The van der Waals surface area contributed by atoms with Gasteiger partial charge in [-0.05, 0) is 6.92 Å². The van der Waals surface area contributed by atoms with Crippen molar-refractivity contribution < 1.29 is 19.4 Å². The first-order valence-corrected chi connectivity index (χ1v) is 3.49. The molecule has 0 radical (unpaired) electrons. The summed E-state index contributed by atoms with van der Waals surface area (Å²) in [6.45, 7) is 3.23. The number of ether oxygens (including phenoxy) is 1. The number of carboxylic acid groups (broad SMARTS) is 1. The molecule has 0 fully saturated rings. The third-order valence-corrected chi connectivity index (χ3v) is 0.633. The summed E-state index contributed by atoms with van der Waals surface area (Å²) < 4.78 is 4.42. The molecule has 0 aliphatic heterocycles. The third-order valence-electron chi connectivity index (χ3n) is 0.414. The number of carboxylic acids is 1. The highest BCUT2D eigenvalue weighted by Gasteiger charge is 1.93. The third kappa shape index (κ3) is 27.0. The molecule has 0 rings (SSSR count). The van der Waals surface area contributed by atoms with Crippen LogP contribution < -0.4 is 0 Å². The lowest BCUT2D eigenvalue weighted by Crippen LogP contribution is -2.03.